The zero-order chi connectivity index (χ0) is 15.4. The van der Waals surface area contributed by atoms with Crippen LogP contribution in [0.1, 0.15) is 29.8 Å². The molecule has 4 heteroatoms. The van der Waals surface area contributed by atoms with Crippen molar-refractivity contribution in [3.8, 4) is 0 Å². The zero-order valence-corrected chi connectivity index (χ0v) is 13.6. The van der Waals surface area contributed by atoms with Crippen molar-refractivity contribution in [3.63, 3.8) is 0 Å². The Morgan fingerprint density at radius 1 is 1.27 bits per heavy atom. The molecule has 1 fully saturated rings. The molecular formula is C18H26N4. The van der Waals surface area contributed by atoms with E-state index in [4.69, 9.17) is 0 Å². The van der Waals surface area contributed by atoms with Crippen LogP contribution in [0, 0.1) is 13.8 Å². The lowest BCUT2D eigenvalue weighted by molar-refractivity contribution is 0.539. The molecule has 1 saturated heterocycles. The molecule has 1 aromatic heterocycles. The van der Waals surface area contributed by atoms with Crippen LogP contribution < -0.4 is 10.2 Å². The van der Waals surface area contributed by atoms with E-state index in [1.165, 1.54) is 29.8 Å². The third-order valence-corrected chi connectivity index (χ3v) is 4.63. The molecule has 1 aliphatic heterocycles. The lowest BCUT2D eigenvalue weighted by Crippen LogP contribution is -2.33. The molecule has 0 amide bonds. The summed E-state index contributed by atoms with van der Waals surface area (Å²) in [6.45, 7) is 7.55. The molecule has 0 aliphatic carbocycles. The van der Waals surface area contributed by atoms with E-state index in [0.29, 0.717) is 6.04 Å². The maximum atomic E-state index is 4.26. The predicted molar refractivity (Wildman–Crippen MR) is 91.4 cm³/mol. The quantitative estimate of drug-likeness (QED) is 0.806. The zero-order valence-electron chi connectivity index (χ0n) is 13.6. The van der Waals surface area contributed by atoms with E-state index in [9.17, 15) is 0 Å². The van der Waals surface area contributed by atoms with Crippen LogP contribution in [0.4, 0.5) is 5.69 Å². The van der Waals surface area contributed by atoms with Gasteiger partial charge >= 0.3 is 0 Å². The summed E-state index contributed by atoms with van der Waals surface area (Å²) in [6.07, 6.45) is 3.51. The van der Waals surface area contributed by atoms with Crippen molar-refractivity contribution in [2.45, 2.75) is 39.2 Å². The first-order valence-electron chi connectivity index (χ1n) is 8.28. The average molecular weight is 298 g/mol. The second-order valence-corrected chi connectivity index (χ2v) is 6.24. The highest BCUT2D eigenvalue weighted by atomic mass is 15.2. The minimum Gasteiger partial charge on any atom is -0.370 e. The lowest BCUT2D eigenvalue weighted by Gasteiger charge is -2.19. The fourth-order valence-electron chi connectivity index (χ4n) is 3.31. The third-order valence-electron chi connectivity index (χ3n) is 4.63. The highest BCUT2D eigenvalue weighted by Gasteiger charge is 2.21. The van der Waals surface area contributed by atoms with Gasteiger partial charge < -0.3 is 10.2 Å². The summed E-state index contributed by atoms with van der Waals surface area (Å²) in [5.41, 5.74) is 5.10. The number of hydrogen-bond acceptors (Lipinski definition) is 3. The number of aromatic nitrogens is 2. The van der Waals surface area contributed by atoms with Crippen LogP contribution in [0.15, 0.2) is 30.3 Å². The van der Waals surface area contributed by atoms with Crippen LogP contribution in [0.3, 0.4) is 0 Å². The minimum absolute atomic E-state index is 0.617. The molecule has 2 aromatic rings. The van der Waals surface area contributed by atoms with E-state index in [2.05, 4.69) is 64.6 Å². The fraction of sp³-hybridized carbons (Fsp3) is 0.500. The summed E-state index contributed by atoms with van der Waals surface area (Å²) >= 11 is 0. The predicted octanol–water partition coefficient (Wildman–Crippen LogP) is 2.83. The molecular weight excluding hydrogens is 272 g/mol. The molecule has 2 heterocycles. The molecule has 2 N–H and O–H groups in total. The summed E-state index contributed by atoms with van der Waals surface area (Å²) in [6, 6.07) is 11.3. The fourth-order valence-corrected chi connectivity index (χ4v) is 3.31. The van der Waals surface area contributed by atoms with Gasteiger partial charge in [0.1, 0.15) is 0 Å². The normalized spacial score (nSPS) is 18.1. The number of nitrogens with one attached hydrogen (secondary N) is 2. The molecule has 0 radical (unpaired) electrons. The van der Waals surface area contributed by atoms with Crippen LogP contribution >= 0.6 is 0 Å². The Bertz CT molecular complexity index is 571. The first-order valence-corrected chi connectivity index (χ1v) is 8.28. The number of aryl methyl sites for hydroxylation is 2. The van der Waals surface area contributed by atoms with Crippen molar-refractivity contribution in [2.24, 2.45) is 0 Å². The van der Waals surface area contributed by atoms with Gasteiger partial charge in [-0.25, -0.2) is 0 Å². The van der Waals surface area contributed by atoms with Gasteiger partial charge in [-0.1, -0.05) is 18.2 Å². The van der Waals surface area contributed by atoms with E-state index in [1.807, 2.05) is 0 Å². The second kappa shape index (κ2) is 6.97. The first kappa shape index (κ1) is 15.1. The summed E-state index contributed by atoms with van der Waals surface area (Å²) < 4.78 is 0. The molecule has 22 heavy (non-hydrogen) atoms. The molecule has 0 spiro atoms. The van der Waals surface area contributed by atoms with E-state index in [1.54, 1.807) is 0 Å². The maximum absolute atomic E-state index is 4.26. The molecule has 1 aromatic carbocycles. The van der Waals surface area contributed by atoms with Crippen LogP contribution in [-0.2, 0) is 6.42 Å². The van der Waals surface area contributed by atoms with Crippen molar-refractivity contribution in [3.05, 3.63) is 47.3 Å². The number of aromatic amines is 1. The van der Waals surface area contributed by atoms with Crippen LogP contribution in [0.5, 0.6) is 0 Å². The van der Waals surface area contributed by atoms with E-state index >= 15 is 0 Å². The number of benzene rings is 1. The van der Waals surface area contributed by atoms with Crippen LogP contribution in [0.25, 0.3) is 0 Å². The van der Waals surface area contributed by atoms with Gasteiger partial charge in [-0.15, -0.1) is 0 Å². The van der Waals surface area contributed by atoms with Gasteiger partial charge in [0.05, 0.1) is 5.69 Å². The SMILES string of the molecule is Cc1n[nH]c(C)c1CCCNC1CCN(c2ccccc2)C1. The van der Waals surface area contributed by atoms with E-state index in [0.717, 1.165) is 31.7 Å². The number of para-hydroxylation sites is 1. The first-order chi connectivity index (χ1) is 10.7. The summed E-state index contributed by atoms with van der Waals surface area (Å²) in [7, 11) is 0. The molecule has 4 nitrogen and oxygen atoms in total. The van der Waals surface area contributed by atoms with Crippen molar-refractivity contribution >= 4 is 5.69 Å². The minimum atomic E-state index is 0.617. The number of anilines is 1. The van der Waals surface area contributed by atoms with Crippen LogP contribution in [-0.4, -0.2) is 35.9 Å². The monoisotopic (exact) mass is 298 g/mol. The molecule has 1 unspecified atom stereocenters. The summed E-state index contributed by atoms with van der Waals surface area (Å²) in [5.74, 6) is 0. The Labute approximate surface area is 132 Å². The van der Waals surface area contributed by atoms with Crippen LogP contribution in [0.2, 0.25) is 0 Å². The van der Waals surface area contributed by atoms with Crippen molar-refractivity contribution < 1.29 is 0 Å². The second-order valence-electron chi connectivity index (χ2n) is 6.24. The van der Waals surface area contributed by atoms with Gasteiger partial charge in [-0.2, -0.15) is 5.10 Å². The summed E-state index contributed by atoms with van der Waals surface area (Å²) in [5, 5.41) is 11.0. The summed E-state index contributed by atoms with van der Waals surface area (Å²) in [4.78, 5) is 2.47. The molecule has 0 bridgehead atoms. The maximum Gasteiger partial charge on any atom is 0.0625 e. The largest absolute Gasteiger partial charge is 0.370 e. The van der Waals surface area contributed by atoms with Crippen molar-refractivity contribution in [1.82, 2.24) is 15.5 Å². The Morgan fingerprint density at radius 3 is 2.82 bits per heavy atom. The molecule has 3 rings (SSSR count). The standard InChI is InChI=1S/C18H26N4/c1-14-18(15(2)21-20-14)9-6-11-19-16-10-12-22(13-16)17-7-4-3-5-8-17/h3-5,7-8,16,19H,6,9-13H2,1-2H3,(H,20,21). The highest BCUT2D eigenvalue weighted by molar-refractivity contribution is 5.47. The molecule has 0 saturated carbocycles. The third kappa shape index (κ3) is 3.50. The molecule has 1 aliphatic rings. The van der Waals surface area contributed by atoms with Gasteiger partial charge in [0, 0.05) is 30.5 Å². The number of rotatable bonds is 6. The number of hydrogen-bond donors (Lipinski definition) is 2. The topological polar surface area (TPSA) is 44.0 Å². The van der Waals surface area contributed by atoms with Gasteiger partial charge in [0.25, 0.3) is 0 Å². The Balaban J connectivity index is 1.40. The lowest BCUT2D eigenvalue weighted by atomic mass is 10.1. The molecule has 1 atom stereocenters. The Kier molecular flexibility index (Phi) is 4.78. The smallest absolute Gasteiger partial charge is 0.0625 e. The Morgan fingerprint density at radius 2 is 2.09 bits per heavy atom. The number of H-pyrrole nitrogens is 1. The van der Waals surface area contributed by atoms with Crippen molar-refractivity contribution in [1.29, 1.82) is 0 Å². The number of nitrogens with zero attached hydrogens (tertiary/aromatic N) is 2. The van der Waals surface area contributed by atoms with Gasteiger partial charge in [0.2, 0.25) is 0 Å². The van der Waals surface area contributed by atoms with Gasteiger partial charge in [-0.3, -0.25) is 5.10 Å². The van der Waals surface area contributed by atoms with E-state index < -0.39 is 0 Å². The average Bonchev–Trinajstić information content (AvgIpc) is 3.13. The molecule has 118 valence electrons. The van der Waals surface area contributed by atoms with Crippen molar-refractivity contribution in [2.75, 3.05) is 24.5 Å². The van der Waals surface area contributed by atoms with Gasteiger partial charge in [-0.05, 0) is 57.4 Å². The highest BCUT2D eigenvalue weighted by Crippen LogP contribution is 2.19. The van der Waals surface area contributed by atoms with Gasteiger partial charge in [0.15, 0.2) is 0 Å². The van der Waals surface area contributed by atoms with E-state index in [-0.39, 0.29) is 0 Å². The Hall–Kier alpha value is -1.81.